The van der Waals surface area contributed by atoms with Crippen LogP contribution in [0.1, 0.15) is 56.1 Å². The van der Waals surface area contributed by atoms with Gasteiger partial charge in [0, 0.05) is 32.6 Å². The number of hydrogen-bond donors (Lipinski definition) is 3. The third-order valence-electron chi connectivity index (χ3n) is 4.83. The number of nitrogens with two attached hydrogens (primary N) is 1. The van der Waals surface area contributed by atoms with Crippen LogP contribution in [0.3, 0.4) is 0 Å². The van der Waals surface area contributed by atoms with Crippen molar-refractivity contribution >= 4 is 30.7 Å². The number of nitrogens with zero attached hydrogens (tertiary/aromatic N) is 1. The van der Waals surface area contributed by atoms with Crippen LogP contribution in [0.2, 0.25) is 0 Å². The van der Waals surface area contributed by atoms with Crippen LogP contribution < -0.4 is 11.1 Å². The second-order valence-electron chi connectivity index (χ2n) is 7.05. The number of carbonyl (C=O) groups is 1. The number of likely N-dealkylation sites (tertiary alicyclic amines) is 1. The zero-order valence-corrected chi connectivity index (χ0v) is 17.7. The summed E-state index contributed by atoms with van der Waals surface area (Å²) in [5.74, 6) is 0.128. The SMILES string of the molecule is Cl.Cl.NCCCCCCC(=O)NCc1ccc(CN2CCC(O)CC2)cc1. The smallest absolute Gasteiger partial charge is 0.220 e. The summed E-state index contributed by atoms with van der Waals surface area (Å²) in [5, 5.41) is 12.6. The highest BCUT2D eigenvalue weighted by Gasteiger charge is 2.16. The predicted molar refractivity (Wildman–Crippen MR) is 115 cm³/mol. The number of unbranched alkanes of at least 4 members (excludes halogenated alkanes) is 3. The molecule has 4 N–H and O–H groups in total. The number of carbonyl (C=O) groups excluding carboxylic acids is 1. The highest BCUT2D eigenvalue weighted by atomic mass is 35.5. The standard InChI is InChI=1S/C20H33N3O2.2ClH/c21-12-4-2-1-3-5-20(25)22-15-17-6-8-18(9-7-17)16-23-13-10-19(24)11-14-23;;/h6-9,19,24H,1-5,10-16,21H2,(H,22,25);2*1H. The van der Waals surface area contributed by atoms with Gasteiger partial charge in [-0.05, 0) is 43.4 Å². The molecule has 0 radical (unpaired) electrons. The Hall–Kier alpha value is -0.850. The van der Waals surface area contributed by atoms with Crippen molar-refractivity contribution in [3.05, 3.63) is 35.4 Å². The zero-order chi connectivity index (χ0) is 17.9. The van der Waals surface area contributed by atoms with E-state index < -0.39 is 0 Å². The van der Waals surface area contributed by atoms with E-state index in [1.807, 2.05) is 0 Å². The van der Waals surface area contributed by atoms with Crippen molar-refractivity contribution in [1.29, 1.82) is 0 Å². The average molecular weight is 420 g/mol. The first kappa shape index (κ1) is 26.1. The Bertz CT molecular complexity index is 506. The molecule has 0 unspecified atom stereocenters. The third kappa shape index (κ3) is 10.9. The van der Waals surface area contributed by atoms with Crippen molar-refractivity contribution in [2.45, 2.75) is 64.1 Å². The number of nitrogens with one attached hydrogen (secondary N) is 1. The zero-order valence-electron chi connectivity index (χ0n) is 16.1. The van der Waals surface area contributed by atoms with Gasteiger partial charge < -0.3 is 16.2 Å². The van der Waals surface area contributed by atoms with Gasteiger partial charge in [0.25, 0.3) is 0 Å². The van der Waals surface area contributed by atoms with Crippen molar-refractivity contribution in [3.63, 3.8) is 0 Å². The molecule has 2 rings (SSSR count). The minimum atomic E-state index is -0.122. The van der Waals surface area contributed by atoms with Gasteiger partial charge in [0.15, 0.2) is 0 Å². The molecule has 0 aliphatic carbocycles. The van der Waals surface area contributed by atoms with E-state index in [1.54, 1.807) is 0 Å². The summed E-state index contributed by atoms with van der Waals surface area (Å²) in [7, 11) is 0. The maximum atomic E-state index is 11.8. The summed E-state index contributed by atoms with van der Waals surface area (Å²) in [6.45, 7) is 4.19. The Morgan fingerprint density at radius 1 is 1.04 bits per heavy atom. The topological polar surface area (TPSA) is 78.6 Å². The van der Waals surface area contributed by atoms with Crippen molar-refractivity contribution in [2.24, 2.45) is 5.73 Å². The predicted octanol–water partition coefficient (Wildman–Crippen LogP) is 3.01. The monoisotopic (exact) mass is 419 g/mol. The van der Waals surface area contributed by atoms with Gasteiger partial charge in [-0.25, -0.2) is 0 Å². The number of hydrogen-bond acceptors (Lipinski definition) is 4. The number of benzene rings is 1. The fraction of sp³-hybridized carbons (Fsp3) is 0.650. The summed E-state index contributed by atoms with van der Waals surface area (Å²) >= 11 is 0. The van der Waals surface area contributed by atoms with Crippen LogP contribution in [0.25, 0.3) is 0 Å². The Balaban J connectivity index is 0.00000338. The summed E-state index contributed by atoms with van der Waals surface area (Å²) in [6, 6.07) is 8.46. The Kier molecular flexibility index (Phi) is 14.6. The van der Waals surface area contributed by atoms with Gasteiger partial charge in [0.2, 0.25) is 5.91 Å². The van der Waals surface area contributed by atoms with Gasteiger partial charge in [0.05, 0.1) is 6.10 Å². The van der Waals surface area contributed by atoms with Crippen LogP contribution in [0.4, 0.5) is 0 Å². The molecule has 7 heteroatoms. The second kappa shape index (κ2) is 15.1. The van der Waals surface area contributed by atoms with E-state index in [4.69, 9.17) is 5.73 Å². The molecule has 1 fully saturated rings. The minimum absolute atomic E-state index is 0. The average Bonchev–Trinajstić information content (AvgIpc) is 2.63. The van der Waals surface area contributed by atoms with E-state index in [2.05, 4.69) is 34.5 Å². The lowest BCUT2D eigenvalue weighted by atomic mass is 10.1. The summed E-state index contributed by atoms with van der Waals surface area (Å²) in [5.41, 5.74) is 7.88. The van der Waals surface area contributed by atoms with E-state index in [0.717, 1.165) is 70.3 Å². The number of aliphatic hydroxyl groups excluding tert-OH is 1. The quantitative estimate of drug-likeness (QED) is 0.509. The lowest BCUT2D eigenvalue weighted by Gasteiger charge is -2.29. The second-order valence-corrected chi connectivity index (χ2v) is 7.05. The van der Waals surface area contributed by atoms with Crippen LogP contribution in [0, 0.1) is 0 Å². The molecule has 0 saturated carbocycles. The van der Waals surface area contributed by atoms with Crippen LogP contribution >= 0.6 is 24.8 Å². The minimum Gasteiger partial charge on any atom is -0.393 e. The van der Waals surface area contributed by atoms with Gasteiger partial charge >= 0.3 is 0 Å². The molecule has 0 atom stereocenters. The molecule has 5 nitrogen and oxygen atoms in total. The Labute approximate surface area is 175 Å². The number of halogens is 2. The fourth-order valence-corrected chi connectivity index (χ4v) is 3.17. The number of rotatable bonds is 10. The van der Waals surface area contributed by atoms with Crippen molar-refractivity contribution in [1.82, 2.24) is 10.2 Å². The van der Waals surface area contributed by atoms with Crippen LogP contribution in [0.15, 0.2) is 24.3 Å². The van der Waals surface area contributed by atoms with Crippen molar-refractivity contribution in [2.75, 3.05) is 19.6 Å². The molecule has 1 heterocycles. The number of aliphatic hydroxyl groups is 1. The van der Waals surface area contributed by atoms with E-state index in [9.17, 15) is 9.90 Å². The van der Waals surface area contributed by atoms with Crippen molar-refractivity contribution < 1.29 is 9.90 Å². The molecule has 0 aromatic heterocycles. The molecule has 1 saturated heterocycles. The van der Waals surface area contributed by atoms with E-state index in [1.165, 1.54) is 5.56 Å². The van der Waals surface area contributed by atoms with Crippen molar-refractivity contribution in [3.8, 4) is 0 Å². The van der Waals surface area contributed by atoms with Crippen LogP contribution in [-0.2, 0) is 17.9 Å². The van der Waals surface area contributed by atoms with Gasteiger partial charge in [-0.3, -0.25) is 9.69 Å². The molecule has 1 aliphatic heterocycles. The molecule has 1 aromatic carbocycles. The molecule has 27 heavy (non-hydrogen) atoms. The fourth-order valence-electron chi connectivity index (χ4n) is 3.17. The Morgan fingerprint density at radius 3 is 2.26 bits per heavy atom. The molecule has 0 bridgehead atoms. The largest absolute Gasteiger partial charge is 0.393 e. The normalized spacial score (nSPS) is 14.9. The summed E-state index contributed by atoms with van der Waals surface area (Å²) < 4.78 is 0. The molecule has 1 aromatic rings. The summed E-state index contributed by atoms with van der Waals surface area (Å²) in [6.07, 6.45) is 6.40. The van der Waals surface area contributed by atoms with E-state index in [0.29, 0.717) is 13.0 Å². The molecular formula is C20H35Cl2N3O2. The first-order valence-corrected chi connectivity index (χ1v) is 9.62. The Morgan fingerprint density at radius 2 is 1.63 bits per heavy atom. The maximum absolute atomic E-state index is 11.8. The lowest BCUT2D eigenvalue weighted by Crippen LogP contribution is -2.35. The molecular weight excluding hydrogens is 385 g/mol. The third-order valence-corrected chi connectivity index (χ3v) is 4.83. The van der Waals surface area contributed by atoms with Crippen LogP contribution in [0.5, 0.6) is 0 Å². The van der Waals surface area contributed by atoms with E-state index in [-0.39, 0.29) is 36.8 Å². The van der Waals surface area contributed by atoms with E-state index >= 15 is 0 Å². The van der Waals surface area contributed by atoms with Gasteiger partial charge in [-0.1, -0.05) is 37.1 Å². The highest BCUT2D eigenvalue weighted by Crippen LogP contribution is 2.14. The first-order valence-electron chi connectivity index (χ1n) is 9.62. The molecule has 156 valence electrons. The van der Waals surface area contributed by atoms with Gasteiger partial charge in [-0.2, -0.15) is 0 Å². The number of piperidine rings is 1. The van der Waals surface area contributed by atoms with Gasteiger partial charge in [0.1, 0.15) is 0 Å². The molecule has 1 aliphatic rings. The number of amides is 1. The molecule has 1 amide bonds. The van der Waals surface area contributed by atoms with Gasteiger partial charge in [-0.15, -0.1) is 24.8 Å². The van der Waals surface area contributed by atoms with Crippen LogP contribution in [-0.4, -0.2) is 41.7 Å². The first-order chi connectivity index (χ1) is 12.2. The lowest BCUT2D eigenvalue weighted by molar-refractivity contribution is -0.121. The maximum Gasteiger partial charge on any atom is 0.220 e. The highest BCUT2D eigenvalue weighted by molar-refractivity contribution is 5.85. The molecule has 0 spiro atoms. The summed E-state index contributed by atoms with van der Waals surface area (Å²) in [4.78, 5) is 14.2.